The quantitative estimate of drug-likeness (QED) is 0.714. The van der Waals surface area contributed by atoms with Crippen LogP contribution in [0.1, 0.15) is 34.3 Å². The van der Waals surface area contributed by atoms with Gasteiger partial charge in [0.15, 0.2) is 0 Å². The Morgan fingerprint density at radius 1 is 1.09 bits per heavy atom. The lowest BCUT2D eigenvalue weighted by molar-refractivity contribution is 0.0698. The second-order valence-corrected chi connectivity index (χ2v) is 5.66. The normalized spacial score (nSPS) is 10.3. The van der Waals surface area contributed by atoms with Gasteiger partial charge in [0, 0.05) is 12.2 Å². The van der Waals surface area contributed by atoms with Gasteiger partial charge in [-0.3, -0.25) is 0 Å². The van der Waals surface area contributed by atoms with Crippen LogP contribution in [0.2, 0.25) is 0 Å². The van der Waals surface area contributed by atoms with E-state index in [4.69, 9.17) is 9.84 Å². The van der Waals surface area contributed by atoms with Gasteiger partial charge in [0.1, 0.15) is 5.75 Å². The maximum Gasteiger partial charge on any atom is 0.337 e. The van der Waals surface area contributed by atoms with Crippen LogP contribution in [0.3, 0.4) is 0 Å². The van der Waals surface area contributed by atoms with Gasteiger partial charge in [-0.1, -0.05) is 18.2 Å². The molecule has 0 radical (unpaired) electrons. The third-order valence-corrected chi connectivity index (χ3v) is 3.51. The third-order valence-electron chi connectivity index (χ3n) is 3.51. The molecule has 0 saturated heterocycles. The minimum absolute atomic E-state index is 0.305. The number of carboxylic acids is 1. The maximum absolute atomic E-state index is 11.1. The number of unbranched alkanes of at least 4 members (excludes halogenated alkanes) is 1. The van der Waals surface area contributed by atoms with E-state index in [1.54, 1.807) is 18.2 Å². The van der Waals surface area contributed by atoms with E-state index in [1.807, 2.05) is 18.2 Å². The first kappa shape index (κ1) is 16.9. The zero-order valence-electron chi connectivity index (χ0n) is 13.6. The molecule has 0 spiro atoms. The first-order valence-electron chi connectivity index (χ1n) is 7.83. The molecule has 0 fully saturated rings. The van der Waals surface area contributed by atoms with Crippen LogP contribution in [-0.4, -0.2) is 24.2 Å². The molecule has 0 aliphatic heterocycles. The highest BCUT2D eigenvalue weighted by atomic mass is 16.5. The van der Waals surface area contributed by atoms with Crippen LogP contribution in [0.4, 0.5) is 5.69 Å². The Morgan fingerprint density at radius 2 is 1.78 bits per heavy atom. The lowest BCUT2D eigenvalue weighted by Gasteiger charge is -2.10. The van der Waals surface area contributed by atoms with Crippen molar-refractivity contribution in [1.82, 2.24) is 0 Å². The van der Waals surface area contributed by atoms with Crippen LogP contribution in [-0.2, 0) is 0 Å². The topological polar surface area (TPSA) is 58.6 Å². The molecule has 23 heavy (non-hydrogen) atoms. The highest BCUT2D eigenvalue weighted by molar-refractivity contribution is 5.94. The number of hydrogen-bond acceptors (Lipinski definition) is 3. The minimum atomic E-state index is -0.911. The zero-order valence-corrected chi connectivity index (χ0v) is 13.6. The summed E-state index contributed by atoms with van der Waals surface area (Å²) in [6.07, 6.45) is 1.83. The van der Waals surface area contributed by atoms with Crippen molar-refractivity contribution >= 4 is 11.7 Å². The van der Waals surface area contributed by atoms with E-state index in [0.717, 1.165) is 25.1 Å². The third kappa shape index (κ3) is 5.33. The average Bonchev–Trinajstić information content (AvgIpc) is 2.50. The molecule has 2 rings (SSSR count). The number of anilines is 1. The fourth-order valence-electron chi connectivity index (χ4n) is 2.48. The summed E-state index contributed by atoms with van der Waals surface area (Å²) in [5.41, 5.74) is 3.37. The molecule has 0 bridgehead atoms. The molecule has 4 heteroatoms. The fourth-order valence-corrected chi connectivity index (χ4v) is 2.48. The number of carboxylic acid groups (broad SMARTS) is 1. The number of benzene rings is 2. The molecule has 0 heterocycles. The predicted molar refractivity (Wildman–Crippen MR) is 92.5 cm³/mol. The summed E-state index contributed by atoms with van der Waals surface area (Å²) < 4.78 is 5.76. The van der Waals surface area contributed by atoms with Crippen molar-refractivity contribution in [2.24, 2.45) is 0 Å². The molecule has 0 aliphatic carbocycles. The Morgan fingerprint density at radius 3 is 2.48 bits per heavy atom. The molecule has 0 saturated carbocycles. The average molecular weight is 313 g/mol. The van der Waals surface area contributed by atoms with Crippen molar-refractivity contribution in [1.29, 1.82) is 0 Å². The monoisotopic (exact) mass is 313 g/mol. The molecule has 2 aromatic carbocycles. The molecule has 4 nitrogen and oxygen atoms in total. The van der Waals surface area contributed by atoms with Crippen molar-refractivity contribution in [3.05, 3.63) is 59.2 Å². The maximum atomic E-state index is 11.1. The Hall–Kier alpha value is -2.49. The van der Waals surface area contributed by atoms with Crippen LogP contribution in [0.15, 0.2) is 42.5 Å². The standard InChI is InChI=1S/C19H23NO3/c1-14-11-15(2)13-16(12-14)23-10-6-5-9-20-18-8-4-3-7-17(18)19(21)22/h3-4,7-8,11-13,20H,5-6,9-10H2,1-2H3,(H,21,22). The second kappa shape index (κ2) is 8.22. The van der Waals surface area contributed by atoms with Gasteiger partial charge in [-0.25, -0.2) is 4.79 Å². The largest absolute Gasteiger partial charge is 0.494 e. The van der Waals surface area contributed by atoms with Crippen LogP contribution < -0.4 is 10.1 Å². The Labute approximate surface area is 137 Å². The van der Waals surface area contributed by atoms with E-state index in [-0.39, 0.29) is 0 Å². The highest BCUT2D eigenvalue weighted by Crippen LogP contribution is 2.17. The van der Waals surface area contributed by atoms with Gasteiger partial charge in [0.2, 0.25) is 0 Å². The van der Waals surface area contributed by atoms with Gasteiger partial charge in [-0.05, 0) is 62.1 Å². The number of para-hydroxylation sites is 1. The number of aryl methyl sites for hydroxylation is 2. The lowest BCUT2D eigenvalue weighted by atomic mass is 10.1. The van der Waals surface area contributed by atoms with Crippen molar-refractivity contribution < 1.29 is 14.6 Å². The number of hydrogen-bond donors (Lipinski definition) is 2. The van der Waals surface area contributed by atoms with E-state index < -0.39 is 5.97 Å². The summed E-state index contributed by atoms with van der Waals surface area (Å²) >= 11 is 0. The van der Waals surface area contributed by atoms with E-state index >= 15 is 0 Å². The summed E-state index contributed by atoms with van der Waals surface area (Å²) in [6.45, 7) is 5.50. The lowest BCUT2D eigenvalue weighted by Crippen LogP contribution is -2.08. The molecule has 2 aromatic rings. The Balaban J connectivity index is 1.71. The van der Waals surface area contributed by atoms with Gasteiger partial charge in [0.05, 0.1) is 12.2 Å². The van der Waals surface area contributed by atoms with Gasteiger partial charge in [-0.15, -0.1) is 0 Å². The van der Waals surface area contributed by atoms with Crippen molar-refractivity contribution in [3.63, 3.8) is 0 Å². The Bertz CT molecular complexity index is 647. The summed E-state index contributed by atoms with van der Waals surface area (Å²) in [5, 5.41) is 12.3. The van der Waals surface area contributed by atoms with Crippen molar-refractivity contribution in [2.75, 3.05) is 18.5 Å². The second-order valence-electron chi connectivity index (χ2n) is 5.66. The predicted octanol–water partition coefficient (Wildman–Crippen LogP) is 4.27. The van der Waals surface area contributed by atoms with E-state index in [9.17, 15) is 4.79 Å². The van der Waals surface area contributed by atoms with Crippen molar-refractivity contribution in [2.45, 2.75) is 26.7 Å². The summed E-state index contributed by atoms with van der Waals surface area (Å²) in [6, 6.07) is 13.1. The van der Waals surface area contributed by atoms with E-state index in [1.165, 1.54) is 11.1 Å². The smallest absolute Gasteiger partial charge is 0.337 e. The van der Waals surface area contributed by atoms with Gasteiger partial charge in [0.25, 0.3) is 0 Å². The molecule has 0 aromatic heterocycles. The molecular formula is C19H23NO3. The number of ether oxygens (including phenoxy) is 1. The summed E-state index contributed by atoms with van der Waals surface area (Å²) in [5.74, 6) is -0.00191. The molecule has 2 N–H and O–H groups in total. The molecule has 0 unspecified atom stereocenters. The molecule has 0 amide bonds. The van der Waals surface area contributed by atoms with Crippen molar-refractivity contribution in [3.8, 4) is 5.75 Å². The van der Waals surface area contributed by atoms with Gasteiger partial charge < -0.3 is 15.2 Å². The zero-order chi connectivity index (χ0) is 16.7. The van der Waals surface area contributed by atoms with Gasteiger partial charge >= 0.3 is 5.97 Å². The highest BCUT2D eigenvalue weighted by Gasteiger charge is 2.07. The first-order chi connectivity index (χ1) is 11.1. The molecule has 0 atom stereocenters. The first-order valence-corrected chi connectivity index (χ1v) is 7.83. The van der Waals surface area contributed by atoms with E-state index in [0.29, 0.717) is 17.9 Å². The number of nitrogens with one attached hydrogen (secondary N) is 1. The van der Waals surface area contributed by atoms with E-state index in [2.05, 4.69) is 25.2 Å². The van der Waals surface area contributed by atoms with Crippen LogP contribution in [0.5, 0.6) is 5.75 Å². The molecule has 122 valence electrons. The molecular weight excluding hydrogens is 290 g/mol. The minimum Gasteiger partial charge on any atom is -0.494 e. The summed E-state index contributed by atoms with van der Waals surface area (Å²) in [7, 11) is 0. The summed E-state index contributed by atoms with van der Waals surface area (Å²) in [4.78, 5) is 11.1. The molecule has 0 aliphatic rings. The van der Waals surface area contributed by atoms with Crippen LogP contribution in [0.25, 0.3) is 0 Å². The number of carbonyl (C=O) groups is 1. The fraction of sp³-hybridized carbons (Fsp3) is 0.316. The number of aromatic carboxylic acids is 1. The Kier molecular flexibility index (Phi) is 6.03. The SMILES string of the molecule is Cc1cc(C)cc(OCCCCNc2ccccc2C(=O)O)c1. The van der Waals surface area contributed by atoms with Gasteiger partial charge in [-0.2, -0.15) is 0 Å². The van der Waals surface area contributed by atoms with Crippen LogP contribution in [0, 0.1) is 13.8 Å². The number of rotatable bonds is 8. The van der Waals surface area contributed by atoms with Crippen LogP contribution >= 0.6 is 0 Å².